The smallest absolute Gasteiger partial charge is 0.171 e. The van der Waals surface area contributed by atoms with Gasteiger partial charge in [-0.25, -0.2) is 0 Å². The molecule has 0 atom stereocenters. The van der Waals surface area contributed by atoms with Gasteiger partial charge in [0, 0.05) is 6.42 Å². The Morgan fingerprint density at radius 2 is 1.78 bits per heavy atom. The Morgan fingerprint density at radius 3 is 2.39 bits per heavy atom. The monoisotopic (exact) mass is 258 g/mol. The number of aryl methyl sites for hydroxylation is 3. The van der Waals surface area contributed by atoms with E-state index >= 15 is 0 Å². The fraction of sp³-hybridized carbons (Fsp3) is 0.600. The highest BCUT2D eigenvalue weighted by atomic mass is 19.4. The Bertz CT molecular complexity index is 366. The van der Waals surface area contributed by atoms with Crippen LogP contribution in [-0.2, 0) is 12.8 Å². The highest BCUT2D eigenvalue weighted by Crippen LogP contribution is 2.23. The van der Waals surface area contributed by atoms with E-state index in [1.54, 1.807) is 0 Å². The van der Waals surface area contributed by atoms with Crippen LogP contribution in [0.15, 0.2) is 18.2 Å². The van der Waals surface area contributed by atoms with E-state index in [2.05, 4.69) is 25.1 Å². The van der Waals surface area contributed by atoms with Crippen molar-refractivity contribution in [3.05, 3.63) is 34.9 Å². The summed E-state index contributed by atoms with van der Waals surface area (Å²) in [5.41, 5.74) is 3.67. The number of rotatable bonds is 6. The number of hydrogen-bond acceptors (Lipinski definition) is 0. The maximum absolute atomic E-state index is 12.0. The first-order valence-electron chi connectivity index (χ1n) is 6.57. The fourth-order valence-corrected chi connectivity index (χ4v) is 2.08. The molecule has 0 fully saturated rings. The summed E-state index contributed by atoms with van der Waals surface area (Å²) in [5.74, 6) is 0. The molecule has 0 nitrogen and oxygen atoms in total. The Balaban J connectivity index is 2.48. The molecule has 0 aliphatic rings. The van der Waals surface area contributed by atoms with Crippen LogP contribution in [-0.4, -0.2) is 6.18 Å². The number of alkyl halides is 3. The Kier molecular flexibility index (Phi) is 5.70. The van der Waals surface area contributed by atoms with Crippen molar-refractivity contribution in [1.82, 2.24) is 0 Å². The van der Waals surface area contributed by atoms with Crippen molar-refractivity contribution >= 4 is 0 Å². The molecule has 0 aliphatic heterocycles. The molecule has 1 rings (SSSR count). The lowest BCUT2D eigenvalue weighted by Crippen LogP contribution is -2.06. The second-order valence-electron chi connectivity index (χ2n) is 4.83. The van der Waals surface area contributed by atoms with E-state index in [-0.39, 0.29) is 6.42 Å². The minimum atomic E-state index is -4.01. The Hall–Kier alpha value is -0.990. The average Bonchev–Trinajstić information content (AvgIpc) is 2.27. The van der Waals surface area contributed by atoms with E-state index < -0.39 is 12.6 Å². The molecule has 0 unspecified atom stereocenters. The topological polar surface area (TPSA) is 0 Å². The van der Waals surface area contributed by atoms with Crippen molar-refractivity contribution in [2.45, 2.75) is 58.5 Å². The molecule has 3 heteroatoms. The Morgan fingerprint density at radius 1 is 1.06 bits per heavy atom. The van der Waals surface area contributed by atoms with Gasteiger partial charge in [-0.15, -0.1) is 0 Å². The van der Waals surface area contributed by atoms with Crippen molar-refractivity contribution in [1.29, 1.82) is 0 Å². The molecule has 0 saturated carbocycles. The summed E-state index contributed by atoms with van der Waals surface area (Å²) >= 11 is 0. The molecular weight excluding hydrogens is 237 g/mol. The summed E-state index contributed by atoms with van der Waals surface area (Å²) in [5, 5.41) is 0. The molecule has 1 aromatic rings. The molecule has 0 aliphatic carbocycles. The third-order valence-electron chi connectivity index (χ3n) is 3.11. The summed E-state index contributed by atoms with van der Waals surface area (Å²) in [4.78, 5) is 0. The molecule has 18 heavy (non-hydrogen) atoms. The lowest BCUT2D eigenvalue weighted by molar-refractivity contribution is -0.135. The fourth-order valence-electron chi connectivity index (χ4n) is 2.08. The standard InChI is InChI=1S/C15H21F3/c1-3-6-13-9-8-12(2)14(11-13)7-4-5-10-15(16,17)18/h8-9,11H,3-7,10H2,1-2H3. The SMILES string of the molecule is CCCc1ccc(C)c(CCCCC(F)(F)F)c1. The third-order valence-corrected chi connectivity index (χ3v) is 3.11. The molecule has 1 aromatic carbocycles. The quantitative estimate of drug-likeness (QED) is 0.613. The highest BCUT2D eigenvalue weighted by Gasteiger charge is 2.25. The van der Waals surface area contributed by atoms with Crippen LogP contribution in [0.5, 0.6) is 0 Å². The molecular formula is C15H21F3. The van der Waals surface area contributed by atoms with Crippen LogP contribution < -0.4 is 0 Å². The van der Waals surface area contributed by atoms with Gasteiger partial charge in [0.05, 0.1) is 0 Å². The van der Waals surface area contributed by atoms with Gasteiger partial charge in [-0.3, -0.25) is 0 Å². The van der Waals surface area contributed by atoms with Crippen LogP contribution in [0.4, 0.5) is 13.2 Å². The summed E-state index contributed by atoms with van der Waals surface area (Å²) < 4.78 is 36.1. The normalized spacial score (nSPS) is 11.8. The van der Waals surface area contributed by atoms with Gasteiger partial charge in [0.25, 0.3) is 0 Å². The molecule has 0 bridgehead atoms. The number of unbranched alkanes of at least 4 members (excludes halogenated alkanes) is 1. The number of hydrogen-bond donors (Lipinski definition) is 0. The van der Waals surface area contributed by atoms with Crippen molar-refractivity contribution in [2.75, 3.05) is 0 Å². The first-order valence-corrected chi connectivity index (χ1v) is 6.57. The molecule has 0 aromatic heterocycles. The van der Waals surface area contributed by atoms with E-state index in [0.29, 0.717) is 6.42 Å². The van der Waals surface area contributed by atoms with Gasteiger partial charge in [-0.2, -0.15) is 13.2 Å². The van der Waals surface area contributed by atoms with Crippen LogP contribution in [0, 0.1) is 6.92 Å². The second kappa shape index (κ2) is 6.81. The maximum Gasteiger partial charge on any atom is 0.389 e. The minimum absolute atomic E-state index is 0.223. The van der Waals surface area contributed by atoms with Crippen molar-refractivity contribution < 1.29 is 13.2 Å². The molecule has 0 spiro atoms. The summed E-state index contributed by atoms with van der Waals surface area (Å²) in [6.45, 7) is 4.15. The zero-order valence-corrected chi connectivity index (χ0v) is 11.1. The van der Waals surface area contributed by atoms with Crippen LogP contribution in [0.3, 0.4) is 0 Å². The molecule has 0 N–H and O–H groups in total. The number of benzene rings is 1. The van der Waals surface area contributed by atoms with Crippen molar-refractivity contribution in [3.8, 4) is 0 Å². The zero-order chi connectivity index (χ0) is 13.6. The van der Waals surface area contributed by atoms with E-state index in [0.717, 1.165) is 19.3 Å². The van der Waals surface area contributed by atoms with Crippen molar-refractivity contribution in [3.63, 3.8) is 0 Å². The maximum atomic E-state index is 12.0. The highest BCUT2D eigenvalue weighted by molar-refractivity contribution is 5.31. The Labute approximate surface area is 107 Å². The predicted molar refractivity (Wildman–Crippen MR) is 68.8 cm³/mol. The van der Waals surface area contributed by atoms with E-state index in [9.17, 15) is 13.2 Å². The molecule has 102 valence electrons. The van der Waals surface area contributed by atoms with Crippen LogP contribution >= 0.6 is 0 Å². The van der Waals surface area contributed by atoms with E-state index in [1.165, 1.54) is 16.7 Å². The van der Waals surface area contributed by atoms with Gasteiger partial charge < -0.3 is 0 Å². The lowest BCUT2D eigenvalue weighted by Gasteiger charge is -2.09. The van der Waals surface area contributed by atoms with Crippen LogP contribution in [0.25, 0.3) is 0 Å². The summed E-state index contributed by atoms with van der Waals surface area (Å²) in [6.07, 6.45) is -0.970. The van der Waals surface area contributed by atoms with Gasteiger partial charge in [-0.1, -0.05) is 31.5 Å². The summed E-state index contributed by atoms with van der Waals surface area (Å²) in [7, 11) is 0. The van der Waals surface area contributed by atoms with Gasteiger partial charge in [-0.05, 0) is 49.3 Å². The molecule has 0 saturated heterocycles. The van der Waals surface area contributed by atoms with Gasteiger partial charge >= 0.3 is 6.18 Å². The number of halogens is 3. The van der Waals surface area contributed by atoms with Crippen molar-refractivity contribution in [2.24, 2.45) is 0 Å². The largest absolute Gasteiger partial charge is 0.389 e. The van der Waals surface area contributed by atoms with Crippen LogP contribution in [0.2, 0.25) is 0 Å². The second-order valence-corrected chi connectivity index (χ2v) is 4.83. The molecule has 0 radical (unpaired) electrons. The zero-order valence-electron chi connectivity index (χ0n) is 11.1. The first-order chi connectivity index (χ1) is 8.42. The predicted octanol–water partition coefficient (Wildman–Crippen LogP) is 5.22. The molecule has 0 amide bonds. The summed E-state index contributed by atoms with van der Waals surface area (Å²) in [6, 6.07) is 6.33. The molecule has 0 heterocycles. The third kappa shape index (κ3) is 5.56. The minimum Gasteiger partial charge on any atom is -0.171 e. The average molecular weight is 258 g/mol. The van der Waals surface area contributed by atoms with E-state index in [4.69, 9.17) is 0 Å². The first kappa shape index (κ1) is 15.1. The van der Waals surface area contributed by atoms with Crippen LogP contribution in [0.1, 0.15) is 49.3 Å². The van der Waals surface area contributed by atoms with Gasteiger partial charge in [0.2, 0.25) is 0 Å². The lowest BCUT2D eigenvalue weighted by atomic mass is 9.98. The van der Waals surface area contributed by atoms with Gasteiger partial charge in [0.1, 0.15) is 0 Å². The van der Waals surface area contributed by atoms with E-state index in [1.807, 2.05) is 6.92 Å². The van der Waals surface area contributed by atoms with Gasteiger partial charge in [0.15, 0.2) is 0 Å².